The Bertz CT molecular complexity index is 883. The number of rotatable bonds is 10. The smallest absolute Gasteiger partial charge is 0.414 e. The van der Waals surface area contributed by atoms with E-state index in [2.05, 4.69) is 23.9 Å². The summed E-state index contributed by atoms with van der Waals surface area (Å²) in [6, 6.07) is 1.88. The first kappa shape index (κ1) is 25.3. The lowest BCUT2D eigenvalue weighted by atomic mass is 9.96. The van der Waals surface area contributed by atoms with Crippen molar-refractivity contribution >= 4 is 17.4 Å². The number of carbonyl (C=O) groups is 1. The predicted octanol–water partition coefficient (Wildman–Crippen LogP) is 6.79. The molecule has 0 radical (unpaired) electrons. The summed E-state index contributed by atoms with van der Waals surface area (Å²) >= 11 is 0. The lowest BCUT2D eigenvalue weighted by Crippen LogP contribution is -2.40. The highest BCUT2D eigenvalue weighted by molar-refractivity contribution is 5.92. The molecule has 2 aromatic rings. The molecule has 7 heteroatoms. The zero-order valence-corrected chi connectivity index (χ0v) is 21.2. The van der Waals surface area contributed by atoms with Crippen LogP contribution in [0.25, 0.3) is 5.65 Å². The van der Waals surface area contributed by atoms with E-state index in [0.717, 1.165) is 44.9 Å². The summed E-state index contributed by atoms with van der Waals surface area (Å²) in [5.74, 6) is 0.935. The van der Waals surface area contributed by atoms with E-state index >= 15 is 0 Å². The molecule has 33 heavy (non-hydrogen) atoms. The van der Waals surface area contributed by atoms with Crippen molar-refractivity contribution < 1.29 is 14.3 Å². The van der Waals surface area contributed by atoms with Crippen LogP contribution >= 0.6 is 0 Å². The number of carbonyl (C=O) groups excluding carboxylic acids is 1. The topological polar surface area (TPSA) is 69.0 Å². The van der Waals surface area contributed by atoms with Crippen molar-refractivity contribution in [2.75, 3.05) is 11.4 Å². The molecule has 2 aromatic heterocycles. The predicted molar refractivity (Wildman–Crippen MR) is 132 cm³/mol. The van der Waals surface area contributed by atoms with Gasteiger partial charge in [-0.2, -0.15) is 0 Å². The highest BCUT2D eigenvalue weighted by atomic mass is 16.6. The van der Waals surface area contributed by atoms with Crippen LogP contribution in [0.1, 0.15) is 98.8 Å². The van der Waals surface area contributed by atoms with E-state index in [1.807, 2.05) is 26.8 Å². The van der Waals surface area contributed by atoms with Gasteiger partial charge in [0.2, 0.25) is 5.88 Å². The maximum atomic E-state index is 13.4. The average Bonchev–Trinajstić information content (AvgIpc) is 3.23. The number of ether oxygens (including phenoxy) is 2. The minimum absolute atomic E-state index is 0.174. The summed E-state index contributed by atoms with van der Waals surface area (Å²) < 4.78 is 13.8. The first-order valence-corrected chi connectivity index (χ1v) is 12.8. The molecule has 0 N–H and O–H groups in total. The maximum absolute atomic E-state index is 13.4. The minimum atomic E-state index is -0.584. The normalized spacial score (nSPS) is 16.0. The Morgan fingerprint density at radius 3 is 2.61 bits per heavy atom. The van der Waals surface area contributed by atoms with Gasteiger partial charge in [-0.05, 0) is 65.2 Å². The number of hydrogen-bond donors (Lipinski definition) is 0. The minimum Gasteiger partial charge on any atom is -0.473 e. The lowest BCUT2D eigenvalue weighted by molar-refractivity contribution is 0.0573. The molecule has 0 saturated heterocycles. The molecule has 1 fully saturated rings. The van der Waals surface area contributed by atoms with E-state index in [1.54, 1.807) is 21.8 Å². The van der Waals surface area contributed by atoms with E-state index in [1.165, 1.54) is 19.3 Å². The summed E-state index contributed by atoms with van der Waals surface area (Å²) in [5, 5.41) is 4.62. The van der Waals surface area contributed by atoms with Crippen LogP contribution in [0.3, 0.4) is 0 Å². The number of imidazole rings is 1. The molecule has 7 nitrogen and oxygen atoms in total. The van der Waals surface area contributed by atoms with Gasteiger partial charge in [0.15, 0.2) is 5.65 Å². The van der Waals surface area contributed by atoms with Gasteiger partial charge in [0, 0.05) is 25.0 Å². The SMILES string of the molecule is CCCCC(CCC)CN(C(=O)OC(C)(C)C)c1cc(OC2CCCCC2)nn2ccnc12. The Kier molecular flexibility index (Phi) is 8.98. The van der Waals surface area contributed by atoms with Crippen LogP contribution in [0.15, 0.2) is 18.5 Å². The molecule has 1 aliphatic carbocycles. The Labute approximate surface area is 198 Å². The molecule has 3 rings (SSSR count). The second-order valence-electron chi connectivity index (χ2n) is 10.3. The average molecular weight is 459 g/mol. The van der Waals surface area contributed by atoms with Crippen molar-refractivity contribution in [2.45, 2.75) is 111 Å². The molecule has 0 spiro atoms. The van der Waals surface area contributed by atoms with Crippen LogP contribution in [0.2, 0.25) is 0 Å². The zero-order valence-electron chi connectivity index (χ0n) is 21.2. The third kappa shape index (κ3) is 7.34. The van der Waals surface area contributed by atoms with Crippen LogP contribution in [0, 0.1) is 5.92 Å². The van der Waals surface area contributed by atoms with Gasteiger partial charge in [-0.15, -0.1) is 5.10 Å². The number of anilines is 1. The number of fused-ring (bicyclic) bond motifs is 1. The van der Waals surface area contributed by atoms with E-state index < -0.39 is 5.60 Å². The molecule has 0 bridgehead atoms. The summed E-state index contributed by atoms with van der Waals surface area (Å²) in [6.45, 7) is 10.7. The molecule has 0 aromatic carbocycles. The summed E-state index contributed by atoms with van der Waals surface area (Å²) in [6.07, 6.45) is 14.6. The fourth-order valence-electron chi connectivity index (χ4n) is 4.56. The Morgan fingerprint density at radius 1 is 1.18 bits per heavy atom. The van der Waals surface area contributed by atoms with Gasteiger partial charge in [0.1, 0.15) is 11.7 Å². The standard InChI is InChI=1S/C26H42N4O3/c1-6-8-13-20(12-7-2)19-29(25(31)33-26(3,4)5)22-18-23(28-30-17-16-27-24(22)30)32-21-14-10-9-11-15-21/h16-18,20-21H,6-15,19H2,1-5H3. The zero-order chi connectivity index (χ0) is 23.8. The van der Waals surface area contributed by atoms with Crippen molar-refractivity contribution in [2.24, 2.45) is 5.92 Å². The van der Waals surface area contributed by atoms with Crippen LogP contribution in [-0.4, -0.2) is 38.9 Å². The summed E-state index contributed by atoms with van der Waals surface area (Å²) in [4.78, 5) is 19.7. The summed E-state index contributed by atoms with van der Waals surface area (Å²) in [7, 11) is 0. The lowest BCUT2D eigenvalue weighted by Gasteiger charge is -2.31. The first-order valence-electron chi connectivity index (χ1n) is 12.8. The van der Waals surface area contributed by atoms with Crippen molar-refractivity contribution in [1.29, 1.82) is 0 Å². The first-order chi connectivity index (χ1) is 15.8. The van der Waals surface area contributed by atoms with E-state index in [4.69, 9.17) is 9.47 Å². The number of aromatic nitrogens is 3. The fraction of sp³-hybridized carbons (Fsp3) is 0.731. The molecule has 0 aliphatic heterocycles. The molecule has 1 atom stereocenters. The van der Waals surface area contributed by atoms with Gasteiger partial charge >= 0.3 is 6.09 Å². The highest BCUT2D eigenvalue weighted by Crippen LogP contribution is 2.30. The van der Waals surface area contributed by atoms with Crippen molar-refractivity contribution in [3.05, 3.63) is 18.5 Å². The largest absolute Gasteiger partial charge is 0.473 e. The molecule has 2 heterocycles. The van der Waals surface area contributed by atoms with Gasteiger partial charge in [-0.1, -0.05) is 39.5 Å². The van der Waals surface area contributed by atoms with Gasteiger partial charge in [-0.25, -0.2) is 14.3 Å². The van der Waals surface area contributed by atoms with Gasteiger partial charge < -0.3 is 9.47 Å². The van der Waals surface area contributed by atoms with E-state index in [-0.39, 0.29) is 12.2 Å². The molecule has 1 amide bonds. The number of amides is 1. The van der Waals surface area contributed by atoms with Crippen molar-refractivity contribution in [3.63, 3.8) is 0 Å². The van der Waals surface area contributed by atoms with Gasteiger partial charge in [0.05, 0.1) is 5.69 Å². The van der Waals surface area contributed by atoms with Crippen LogP contribution < -0.4 is 9.64 Å². The van der Waals surface area contributed by atoms with Crippen LogP contribution in [-0.2, 0) is 4.74 Å². The Balaban J connectivity index is 1.96. The van der Waals surface area contributed by atoms with Gasteiger partial charge in [-0.3, -0.25) is 4.90 Å². The Morgan fingerprint density at radius 2 is 1.94 bits per heavy atom. The fourth-order valence-corrected chi connectivity index (χ4v) is 4.56. The Hall–Kier alpha value is -2.31. The van der Waals surface area contributed by atoms with E-state index in [0.29, 0.717) is 29.7 Å². The second-order valence-corrected chi connectivity index (χ2v) is 10.3. The van der Waals surface area contributed by atoms with Crippen LogP contribution in [0.4, 0.5) is 10.5 Å². The molecule has 1 saturated carbocycles. The number of unbranched alkanes of at least 4 members (excludes halogenated alkanes) is 1. The number of nitrogens with zero attached hydrogens (tertiary/aromatic N) is 4. The molecule has 1 aliphatic rings. The third-order valence-electron chi connectivity index (χ3n) is 6.17. The second kappa shape index (κ2) is 11.7. The third-order valence-corrected chi connectivity index (χ3v) is 6.17. The molecular formula is C26H42N4O3. The van der Waals surface area contributed by atoms with E-state index in [9.17, 15) is 4.79 Å². The van der Waals surface area contributed by atoms with Gasteiger partial charge in [0.25, 0.3) is 0 Å². The molecule has 184 valence electrons. The van der Waals surface area contributed by atoms with Crippen LogP contribution in [0.5, 0.6) is 5.88 Å². The van der Waals surface area contributed by atoms with Crippen molar-refractivity contribution in [3.8, 4) is 5.88 Å². The quantitative estimate of drug-likeness (QED) is 0.392. The summed E-state index contributed by atoms with van der Waals surface area (Å²) in [5.41, 5.74) is 0.759. The number of hydrogen-bond acceptors (Lipinski definition) is 5. The maximum Gasteiger partial charge on any atom is 0.414 e. The molecule has 1 unspecified atom stereocenters. The van der Waals surface area contributed by atoms with Crippen molar-refractivity contribution in [1.82, 2.24) is 14.6 Å². The monoisotopic (exact) mass is 458 g/mol. The highest BCUT2D eigenvalue weighted by Gasteiger charge is 2.29. The molecular weight excluding hydrogens is 416 g/mol.